The summed E-state index contributed by atoms with van der Waals surface area (Å²) in [6.07, 6.45) is 0. The molecule has 0 atom stereocenters. The zero-order chi connectivity index (χ0) is 13.6. The second-order valence-electron chi connectivity index (χ2n) is 5.48. The summed E-state index contributed by atoms with van der Waals surface area (Å²) >= 11 is 0. The smallest absolute Gasteiger partial charge is 0 e. The first-order chi connectivity index (χ1) is 9.09. The molecular formula is C19H21Cl2Zr2-. The molecule has 0 aliphatic carbocycles. The Kier molecular flexibility index (Phi) is 11.6. The minimum Gasteiger partial charge on any atom is -0.165 e. The van der Waals surface area contributed by atoms with Crippen LogP contribution in [0.1, 0.15) is 22.3 Å². The predicted molar refractivity (Wildman–Crippen MR) is 98.4 cm³/mol. The minimum atomic E-state index is 0. The molecule has 0 spiro atoms. The Labute approximate surface area is 189 Å². The fourth-order valence-electron chi connectivity index (χ4n) is 3.02. The van der Waals surface area contributed by atoms with Crippen LogP contribution < -0.4 is 0 Å². The molecule has 3 aromatic rings. The predicted octanol–water partition coefficient (Wildman–Crippen LogP) is 6.30. The van der Waals surface area contributed by atoms with Gasteiger partial charge in [0.15, 0.2) is 0 Å². The Balaban J connectivity index is 0. The van der Waals surface area contributed by atoms with Crippen molar-refractivity contribution in [2.45, 2.75) is 27.7 Å². The molecule has 0 amide bonds. The normalized spacial score (nSPS) is 9.22. The van der Waals surface area contributed by atoms with Crippen molar-refractivity contribution in [1.82, 2.24) is 0 Å². The van der Waals surface area contributed by atoms with Gasteiger partial charge in [-0.2, -0.15) is 6.07 Å². The van der Waals surface area contributed by atoms with Gasteiger partial charge in [0.2, 0.25) is 0 Å². The van der Waals surface area contributed by atoms with Crippen molar-refractivity contribution in [2.75, 3.05) is 0 Å². The van der Waals surface area contributed by atoms with E-state index in [9.17, 15) is 0 Å². The van der Waals surface area contributed by atoms with Crippen LogP contribution in [0.15, 0.2) is 42.5 Å². The summed E-state index contributed by atoms with van der Waals surface area (Å²) in [5.41, 5.74) is 8.30. The Hall–Kier alpha value is 0.396. The molecule has 4 heteroatoms. The third-order valence-corrected chi connectivity index (χ3v) is 4.27. The van der Waals surface area contributed by atoms with E-state index in [0.29, 0.717) is 0 Å². The summed E-state index contributed by atoms with van der Waals surface area (Å²) in [5, 5.41) is 2.80. The van der Waals surface area contributed by atoms with Gasteiger partial charge in [0.1, 0.15) is 0 Å². The van der Waals surface area contributed by atoms with E-state index < -0.39 is 0 Å². The molecule has 0 unspecified atom stereocenters. The zero-order valence-corrected chi connectivity index (χ0v) is 20.4. The second kappa shape index (κ2) is 10.4. The molecule has 0 bridgehead atoms. The van der Waals surface area contributed by atoms with E-state index in [0.717, 1.165) is 0 Å². The maximum atomic E-state index is 2.32. The Morgan fingerprint density at radius 1 is 0.739 bits per heavy atom. The summed E-state index contributed by atoms with van der Waals surface area (Å²) in [6, 6.07) is 15.4. The second-order valence-corrected chi connectivity index (χ2v) is 5.48. The molecule has 0 aliphatic heterocycles. The Morgan fingerprint density at radius 2 is 1.30 bits per heavy atom. The number of aryl methyl sites for hydroxylation is 2. The summed E-state index contributed by atoms with van der Waals surface area (Å²) in [7, 11) is 0. The SMILES string of the molecule is Cc1cc2c(-c3ccccc3)c(C)c(C)c(C)c2[cH-]1.Cl.Cl.[Zr].[Zr]. The average molecular weight is 503 g/mol. The molecule has 0 radical (unpaired) electrons. The van der Waals surface area contributed by atoms with Crippen molar-refractivity contribution in [3.05, 3.63) is 64.7 Å². The molecule has 0 aromatic heterocycles. The number of halogens is 2. The van der Waals surface area contributed by atoms with Crippen LogP contribution in [0, 0.1) is 27.7 Å². The molecular weight excluding hydrogens is 482 g/mol. The van der Waals surface area contributed by atoms with E-state index in [2.05, 4.69) is 70.2 Å². The van der Waals surface area contributed by atoms with Crippen molar-refractivity contribution in [1.29, 1.82) is 0 Å². The van der Waals surface area contributed by atoms with E-state index >= 15 is 0 Å². The quantitative estimate of drug-likeness (QED) is 0.343. The van der Waals surface area contributed by atoms with E-state index in [1.807, 2.05) is 0 Å². The van der Waals surface area contributed by atoms with Crippen LogP contribution in [0.2, 0.25) is 0 Å². The van der Waals surface area contributed by atoms with Gasteiger partial charge in [0, 0.05) is 52.4 Å². The summed E-state index contributed by atoms with van der Waals surface area (Å²) < 4.78 is 0. The van der Waals surface area contributed by atoms with Gasteiger partial charge in [-0.25, -0.2) is 0 Å². The fourth-order valence-corrected chi connectivity index (χ4v) is 3.02. The van der Waals surface area contributed by atoms with E-state index in [1.165, 1.54) is 44.2 Å². The summed E-state index contributed by atoms with van der Waals surface area (Å²) in [5.74, 6) is 0. The van der Waals surface area contributed by atoms with Crippen LogP contribution in [0.5, 0.6) is 0 Å². The van der Waals surface area contributed by atoms with Gasteiger partial charge in [-0.05, 0) is 19.4 Å². The first kappa shape index (κ1) is 25.6. The van der Waals surface area contributed by atoms with E-state index in [1.54, 1.807) is 0 Å². The van der Waals surface area contributed by atoms with Gasteiger partial charge in [-0.3, -0.25) is 0 Å². The molecule has 0 nitrogen and oxygen atoms in total. The zero-order valence-electron chi connectivity index (χ0n) is 13.9. The van der Waals surface area contributed by atoms with Crippen molar-refractivity contribution in [2.24, 2.45) is 0 Å². The molecule has 3 aromatic carbocycles. The monoisotopic (exact) mass is 499 g/mol. The summed E-state index contributed by atoms with van der Waals surface area (Å²) in [6.45, 7) is 8.89. The van der Waals surface area contributed by atoms with Gasteiger partial charge in [-0.1, -0.05) is 60.9 Å². The fraction of sp³-hybridized carbons (Fsp3) is 0.211. The minimum absolute atomic E-state index is 0. The van der Waals surface area contributed by atoms with Gasteiger partial charge in [0.25, 0.3) is 0 Å². The van der Waals surface area contributed by atoms with Crippen LogP contribution in [-0.4, -0.2) is 0 Å². The van der Waals surface area contributed by atoms with Gasteiger partial charge in [0.05, 0.1) is 0 Å². The first-order valence-electron chi connectivity index (χ1n) is 6.82. The van der Waals surface area contributed by atoms with Gasteiger partial charge in [-0.15, -0.1) is 52.8 Å². The molecule has 120 valence electrons. The summed E-state index contributed by atoms with van der Waals surface area (Å²) in [4.78, 5) is 0. The maximum absolute atomic E-state index is 2.32. The molecule has 0 saturated heterocycles. The Bertz CT molecular complexity index is 762. The third kappa shape index (κ3) is 4.73. The number of hydrogen-bond acceptors (Lipinski definition) is 0. The maximum Gasteiger partial charge on any atom is 0 e. The topological polar surface area (TPSA) is 0 Å². The van der Waals surface area contributed by atoms with Crippen LogP contribution in [0.4, 0.5) is 0 Å². The molecule has 23 heavy (non-hydrogen) atoms. The molecule has 0 saturated carbocycles. The molecule has 0 heterocycles. The third-order valence-electron chi connectivity index (χ3n) is 4.27. The van der Waals surface area contributed by atoms with Crippen molar-refractivity contribution < 1.29 is 52.4 Å². The molecule has 0 fully saturated rings. The van der Waals surface area contributed by atoms with Crippen LogP contribution in [-0.2, 0) is 52.4 Å². The number of hydrogen-bond donors (Lipinski definition) is 0. The van der Waals surface area contributed by atoms with Crippen LogP contribution >= 0.6 is 24.8 Å². The van der Waals surface area contributed by atoms with Crippen LogP contribution in [0.3, 0.4) is 0 Å². The van der Waals surface area contributed by atoms with Gasteiger partial charge >= 0.3 is 0 Å². The average Bonchev–Trinajstić information content (AvgIpc) is 2.79. The Morgan fingerprint density at radius 3 is 1.87 bits per heavy atom. The van der Waals surface area contributed by atoms with Crippen molar-refractivity contribution >= 4 is 35.6 Å². The molecule has 0 N–H and O–H groups in total. The number of rotatable bonds is 1. The first-order valence-corrected chi connectivity index (χ1v) is 6.82. The number of fused-ring (bicyclic) bond motifs is 1. The van der Waals surface area contributed by atoms with Crippen molar-refractivity contribution in [3.8, 4) is 11.1 Å². The largest absolute Gasteiger partial charge is 0.165 e. The van der Waals surface area contributed by atoms with Crippen molar-refractivity contribution in [3.63, 3.8) is 0 Å². The van der Waals surface area contributed by atoms with Gasteiger partial charge < -0.3 is 0 Å². The molecule has 3 rings (SSSR count). The molecule has 0 aliphatic rings. The van der Waals surface area contributed by atoms with Crippen LogP contribution in [0.25, 0.3) is 21.9 Å². The van der Waals surface area contributed by atoms with E-state index in [-0.39, 0.29) is 77.2 Å². The standard InChI is InChI=1S/C19H19.2ClH.2Zr/c1-12-10-17-14(3)13(2)15(4)19(18(17)11-12)16-8-6-5-7-9-16;;;;/h5-11H,1-4H3;2*1H;;/q-1;;;;. The van der Waals surface area contributed by atoms with E-state index in [4.69, 9.17) is 0 Å². The number of benzene rings is 2.